The van der Waals surface area contributed by atoms with Crippen molar-refractivity contribution in [3.63, 3.8) is 0 Å². The number of morpholine rings is 1. The van der Waals surface area contributed by atoms with Gasteiger partial charge in [-0.25, -0.2) is 0 Å². The quantitative estimate of drug-likeness (QED) is 0.670. The van der Waals surface area contributed by atoms with Gasteiger partial charge in [-0.15, -0.1) is 11.3 Å². The minimum absolute atomic E-state index is 0.00908. The summed E-state index contributed by atoms with van der Waals surface area (Å²) in [5, 5.41) is 3.13. The van der Waals surface area contributed by atoms with Crippen molar-refractivity contribution in [1.29, 1.82) is 0 Å². The first-order valence-corrected chi connectivity index (χ1v) is 11.0. The Morgan fingerprint density at radius 1 is 1.20 bits per heavy atom. The Morgan fingerprint density at radius 3 is 2.83 bits per heavy atom. The molecule has 5 rings (SSSR count). The number of nitrogens with zero attached hydrogens (tertiary/aromatic N) is 1. The number of nitrogens with one attached hydrogen (secondary N) is 1. The van der Waals surface area contributed by atoms with Crippen molar-refractivity contribution >= 4 is 17.2 Å². The van der Waals surface area contributed by atoms with Crippen molar-refractivity contribution in [2.24, 2.45) is 0 Å². The largest absolute Gasteiger partial charge is 0.488 e. The molecule has 4 heterocycles. The molecule has 30 heavy (non-hydrogen) atoms. The summed E-state index contributed by atoms with van der Waals surface area (Å²) in [5.74, 6) is 2.56. The number of thiophene rings is 1. The van der Waals surface area contributed by atoms with Gasteiger partial charge in [0.15, 0.2) is 0 Å². The fourth-order valence-corrected chi connectivity index (χ4v) is 5.13. The number of fused-ring (bicyclic) bond motifs is 3. The molecule has 3 aromatic rings. The first kappa shape index (κ1) is 19.4. The number of rotatable bonds is 5. The molecule has 7 heteroatoms. The predicted molar refractivity (Wildman–Crippen MR) is 115 cm³/mol. The summed E-state index contributed by atoms with van der Waals surface area (Å²) in [5.41, 5.74) is 2.12. The van der Waals surface area contributed by atoms with Crippen molar-refractivity contribution in [2.75, 3.05) is 32.8 Å². The SMILES string of the molecule is Cc1ccc(C(CNC(=O)c2cc3c(s2)-c2ccccc2OC3)N2CCOCC2)o1. The zero-order valence-electron chi connectivity index (χ0n) is 16.8. The number of furan rings is 1. The number of hydrogen-bond acceptors (Lipinski definition) is 6. The smallest absolute Gasteiger partial charge is 0.261 e. The topological polar surface area (TPSA) is 63.9 Å². The normalized spacial score (nSPS) is 17.0. The number of hydrogen-bond donors (Lipinski definition) is 1. The molecule has 1 unspecified atom stereocenters. The summed E-state index contributed by atoms with van der Waals surface area (Å²) >= 11 is 1.52. The number of aryl methyl sites for hydroxylation is 1. The molecule has 0 spiro atoms. The molecular formula is C23H24N2O4S. The van der Waals surface area contributed by atoms with E-state index in [0.29, 0.717) is 31.2 Å². The summed E-state index contributed by atoms with van der Waals surface area (Å²) < 4.78 is 17.2. The highest BCUT2D eigenvalue weighted by atomic mass is 32.1. The average molecular weight is 425 g/mol. The van der Waals surface area contributed by atoms with Gasteiger partial charge in [-0.2, -0.15) is 0 Å². The molecule has 156 valence electrons. The Kier molecular flexibility index (Phi) is 5.33. The summed E-state index contributed by atoms with van der Waals surface area (Å²) in [7, 11) is 0. The van der Waals surface area contributed by atoms with Gasteiger partial charge in [-0.1, -0.05) is 12.1 Å². The van der Waals surface area contributed by atoms with Gasteiger partial charge in [0.1, 0.15) is 23.9 Å². The summed E-state index contributed by atoms with van der Waals surface area (Å²) in [6, 6.07) is 13.9. The van der Waals surface area contributed by atoms with E-state index in [1.807, 2.05) is 49.4 Å². The highest BCUT2D eigenvalue weighted by molar-refractivity contribution is 7.17. The van der Waals surface area contributed by atoms with Crippen LogP contribution >= 0.6 is 11.3 Å². The summed E-state index contributed by atoms with van der Waals surface area (Å²) in [6.45, 7) is 5.96. The van der Waals surface area contributed by atoms with E-state index in [-0.39, 0.29) is 11.9 Å². The van der Waals surface area contributed by atoms with Crippen LogP contribution in [0.5, 0.6) is 5.75 Å². The fourth-order valence-electron chi connectivity index (χ4n) is 4.02. The van der Waals surface area contributed by atoms with Gasteiger partial charge < -0.3 is 19.2 Å². The Hall–Kier alpha value is -2.61. The lowest BCUT2D eigenvalue weighted by Crippen LogP contribution is -2.43. The molecule has 0 saturated carbocycles. The molecule has 0 bridgehead atoms. The molecule has 1 saturated heterocycles. The Labute approximate surface area is 179 Å². The monoisotopic (exact) mass is 424 g/mol. The van der Waals surface area contributed by atoms with Crippen LogP contribution in [0.25, 0.3) is 10.4 Å². The van der Waals surface area contributed by atoms with E-state index < -0.39 is 0 Å². The third-order valence-electron chi connectivity index (χ3n) is 5.58. The van der Waals surface area contributed by atoms with Crippen molar-refractivity contribution in [2.45, 2.75) is 19.6 Å². The van der Waals surface area contributed by atoms with Crippen LogP contribution in [0.2, 0.25) is 0 Å². The fraction of sp³-hybridized carbons (Fsp3) is 0.348. The number of ether oxygens (including phenoxy) is 2. The van der Waals surface area contributed by atoms with Crippen LogP contribution in [0.4, 0.5) is 0 Å². The summed E-state index contributed by atoms with van der Waals surface area (Å²) in [6.07, 6.45) is 0. The van der Waals surface area contributed by atoms with Crippen molar-refractivity contribution < 1.29 is 18.7 Å². The number of para-hydroxylation sites is 1. The molecule has 6 nitrogen and oxygen atoms in total. The van der Waals surface area contributed by atoms with Crippen molar-refractivity contribution in [3.05, 3.63) is 64.4 Å². The second-order valence-electron chi connectivity index (χ2n) is 7.57. The Bertz CT molecular complexity index is 1050. The molecule has 2 aliphatic rings. The second-order valence-corrected chi connectivity index (χ2v) is 8.62. The number of carbonyl (C=O) groups excluding carboxylic acids is 1. The van der Waals surface area contributed by atoms with Crippen molar-refractivity contribution in [3.8, 4) is 16.2 Å². The Balaban J connectivity index is 1.33. The summed E-state index contributed by atoms with van der Waals surface area (Å²) in [4.78, 5) is 17.1. The maximum absolute atomic E-state index is 13.0. The first-order chi connectivity index (χ1) is 14.7. The maximum atomic E-state index is 13.0. The van der Waals surface area contributed by atoms with Gasteiger partial charge in [0.05, 0.1) is 24.1 Å². The lowest BCUT2D eigenvalue weighted by Gasteiger charge is -2.33. The van der Waals surface area contributed by atoms with Crippen LogP contribution in [0.15, 0.2) is 46.9 Å². The van der Waals surface area contributed by atoms with E-state index in [0.717, 1.165) is 46.4 Å². The first-order valence-electron chi connectivity index (χ1n) is 10.2. The molecule has 0 radical (unpaired) electrons. The number of amides is 1. The average Bonchev–Trinajstić information content (AvgIpc) is 3.41. The molecule has 0 aliphatic carbocycles. The van der Waals surface area contributed by atoms with Gasteiger partial charge in [0.25, 0.3) is 5.91 Å². The lowest BCUT2D eigenvalue weighted by atomic mass is 10.1. The molecule has 1 fully saturated rings. The van der Waals surface area contributed by atoms with E-state index in [1.165, 1.54) is 11.3 Å². The van der Waals surface area contributed by atoms with Gasteiger partial charge in [-0.05, 0) is 37.3 Å². The standard InChI is InChI=1S/C23H24N2O4S/c1-15-6-7-20(29-15)18(25-8-10-27-11-9-25)13-24-23(26)21-12-16-14-28-19-5-3-2-4-17(19)22(16)30-21/h2-7,12,18H,8-11,13-14H2,1H3,(H,24,26). The van der Waals surface area contributed by atoms with Gasteiger partial charge >= 0.3 is 0 Å². The van der Waals surface area contributed by atoms with Crippen LogP contribution in [-0.2, 0) is 11.3 Å². The molecule has 1 atom stereocenters. The predicted octanol–water partition coefficient (Wildman–Crippen LogP) is 4.01. The minimum atomic E-state index is -0.0616. The van der Waals surface area contributed by atoms with Crippen molar-refractivity contribution in [1.82, 2.24) is 10.2 Å². The van der Waals surface area contributed by atoms with E-state index in [2.05, 4.69) is 10.2 Å². The highest BCUT2D eigenvalue weighted by Gasteiger charge is 2.27. The molecule has 2 aromatic heterocycles. The highest BCUT2D eigenvalue weighted by Crippen LogP contribution is 2.42. The van der Waals surface area contributed by atoms with Crippen LogP contribution < -0.4 is 10.1 Å². The molecule has 2 aliphatic heterocycles. The van der Waals surface area contributed by atoms with Crippen LogP contribution in [0, 0.1) is 6.92 Å². The van der Waals surface area contributed by atoms with Crippen LogP contribution in [-0.4, -0.2) is 43.7 Å². The third-order valence-corrected chi connectivity index (χ3v) is 6.79. The molecule has 1 aromatic carbocycles. The van der Waals surface area contributed by atoms with Crippen LogP contribution in [0.1, 0.15) is 32.8 Å². The zero-order valence-corrected chi connectivity index (χ0v) is 17.7. The van der Waals surface area contributed by atoms with Crippen LogP contribution in [0.3, 0.4) is 0 Å². The lowest BCUT2D eigenvalue weighted by molar-refractivity contribution is 0.0117. The number of benzene rings is 1. The Morgan fingerprint density at radius 2 is 2.03 bits per heavy atom. The van der Waals surface area contributed by atoms with E-state index in [9.17, 15) is 4.79 Å². The zero-order chi connectivity index (χ0) is 20.5. The van der Waals surface area contributed by atoms with E-state index in [1.54, 1.807) is 0 Å². The van der Waals surface area contributed by atoms with Gasteiger partial charge in [0, 0.05) is 35.6 Å². The van der Waals surface area contributed by atoms with Gasteiger partial charge in [-0.3, -0.25) is 9.69 Å². The maximum Gasteiger partial charge on any atom is 0.261 e. The van der Waals surface area contributed by atoms with Gasteiger partial charge in [0.2, 0.25) is 0 Å². The molecular weight excluding hydrogens is 400 g/mol. The second kappa shape index (κ2) is 8.26. The van der Waals surface area contributed by atoms with E-state index >= 15 is 0 Å². The minimum Gasteiger partial charge on any atom is -0.488 e. The molecule has 1 N–H and O–H groups in total. The number of carbonyl (C=O) groups is 1. The van der Waals surface area contributed by atoms with E-state index in [4.69, 9.17) is 13.9 Å². The third kappa shape index (κ3) is 3.76. The molecule has 1 amide bonds.